The first-order valence-electron chi connectivity index (χ1n) is 7.60. The molecule has 4 nitrogen and oxygen atoms in total. The highest BCUT2D eigenvalue weighted by Gasteiger charge is 2.31. The molecule has 2 aromatic rings. The SMILES string of the molecule is Nc1c(-c2cccc(C(F)(F)F)c2)nsc1C(=O)N1CCCCC1. The van der Waals surface area contributed by atoms with Crippen LogP contribution < -0.4 is 5.73 Å². The number of hydrogen-bond donors (Lipinski definition) is 1. The van der Waals surface area contributed by atoms with Crippen LogP contribution in [0.3, 0.4) is 0 Å². The largest absolute Gasteiger partial charge is 0.416 e. The van der Waals surface area contributed by atoms with E-state index in [0.29, 0.717) is 18.0 Å². The monoisotopic (exact) mass is 355 g/mol. The van der Waals surface area contributed by atoms with E-state index in [9.17, 15) is 18.0 Å². The van der Waals surface area contributed by atoms with Crippen molar-refractivity contribution in [3.8, 4) is 11.3 Å². The summed E-state index contributed by atoms with van der Waals surface area (Å²) in [7, 11) is 0. The molecule has 1 aromatic carbocycles. The Kier molecular flexibility index (Phi) is 4.49. The standard InChI is InChI=1S/C16H16F3N3OS/c17-16(18,19)11-6-4-5-10(9-11)13-12(20)14(24-21-13)15(23)22-7-2-1-3-8-22/h4-6,9H,1-3,7-8,20H2. The van der Waals surface area contributed by atoms with Crippen LogP contribution in [-0.4, -0.2) is 28.3 Å². The molecule has 0 radical (unpaired) electrons. The summed E-state index contributed by atoms with van der Waals surface area (Å²) in [6, 6.07) is 4.81. The molecule has 2 N–H and O–H groups in total. The number of amides is 1. The zero-order valence-electron chi connectivity index (χ0n) is 12.8. The van der Waals surface area contributed by atoms with Crippen LogP contribution in [0.4, 0.5) is 18.9 Å². The van der Waals surface area contributed by atoms with E-state index >= 15 is 0 Å². The van der Waals surface area contributed by atoms with E-state index in [2.05, 4.69) is 4.37 Å². The molecule has 3 rings (SSSR count). The summed E-state index contributed by atoms with van der Waals surface area (Å²) in [5.41, 5.74) is 5.89. The van der Waals surface area contributed by atoms with Gasteiger partial charge in [0.05, 0.1) is 11.3 Å². The maximum atomic E-state index is 12.9. The highest BCUT2D eigenvalue weighted by Crippen LogP contribution is 2.36. The number of aromatic nitrogens is 1. The number of carbonyl (C=O) groups excluding carboxylic acids is 1. The highest BCUT2D eigenvalue weighted by atomic mass is 32.1. The van der Waals surface area contributed by atoms with E-state index < -0.39 is 11.7 Å². The van der Waals surface area contributed by atoms with Crippen molar-refractivity contribution < 1.29 is 18.0 Å². The van der Waals surface area contributed by atoms with Crippen molar-refractivity contribution in [2.45, 2.75) is 25.4 Å². The molecule has 1 fully saturated rings. The summed E-state index contributed by atoms with van der Waals surface area (Å²) in [5, 5.41) is 0. The summed E-state index contributed by atoms with van der Waals surface area (Å²) in [4.78, 5) is 14.5. The molecule has 0 unspecified atom stereocenters. The minimum Gasteiger partial charge on any atom is -0.396 e. The third kappa shape index (κ3) is 3.24. The van der Waals surface area contributed by atoms with Gasteiger partial charge in [0, 0.05) is 18.7 Å². The van der Waals surface area contributed by atoms with E-state index in [4.69, 9.17) is 5.73 Å². The fourth-order valence-corrected chi connectivity index (χ4v) is 3.53. The number of piperidine rings is 1. The van der Waals surface area contributed by atoms with Gasteiger partial charge in [-0.3, -0.25) is 4.79 Å². The van der Waals surface area contributed by atoms with Crippen molar-refractivity contribution in [2.75, 3.05) is 18.8 Å². The van der Waals surface area contributed by atoms with Gasteiger partial charge >= 0.3 is 6.18 Å². The van der Waals surface area contributed by atoms with Gasteiger partial charge in [-0.2, -0.15) is 17.5 Å². The van der Waals surface area contributed by atoms with E-state index in [1.165, 1.54) is 12.1 Å². The summed E-state index contributed by atoms with van der Waals surface area (Å²) in [6.45, 7) is 1.35. The minimum atomic E-state index is -4.44. The molecule has 0 saturated carbocycles. The Morgan fingerprint density at radius 3 is 2.58 bits per heavy atom. The van der Waals surface area contributed by atoms with Crippen LogP contribution in [0.5, 0.6) is 0 Å². The zero-order chi connectivity index (χ0) is 17.3. The predicted molar refractivity (Wildman–Crippen MR) is 86.7 cm³/mol. The van der Waals surface area contributed by atoms with E-state index in [0.717, 1.165) is 42.9 Å². The van der Waals surface area contributed by atoms with Gasteiger partial charge in [0.1, 0.15) is 10.6 Å². The molecule has 24 heavy (non-hydrogen) atoms. The first-order valence-corrected chi connectivity index (χ1v) is 8.37. The Bertz CT molecular complexity index is 751. The second kappa shape index (κ2) is 6.43. The number of anilines is 1. The second-order valence-corrected chi connectivity index (χ2v) is 6.48. The number of likely N-dealkylation sites (tertiary alicyclic amines) is 1. The molecular formula is C16H16F3N3OS. The molecular weight excluding hydrogens is 339 g/mol. The number of nitrogens with two attached hydrogens (primary N) is 1. The quantitative estimate of drug-likeness (QED) is 0.885. The smallest absolute Gasteiger partial charge is 0.396 e. The number of alkyl halides is 3. The molecule has 2 heterocycles. The van der Waals surface area contributed by atoms with Gasteiger partial charge < -0.3 is 10.6 Å². The van der Waals surface area contributed by atoms with Gasteiger partial charge in [0.25, 0.3) is 5.91 Å². The summed E-state index contributed by atoms with van der Waals surface area (Å²) in [5.74, 6) is -0.192. The van der Waals surface area contributed by atoms with Crippen LogP contribution in [0.25, 0.3) is 11.3 Å². The van der Waals surface area contributed by atoms with Crippen molar-refractivity contribution in [3.05, 3.63) is 34.7 Å². The molecule has 0 bridgehead atoms. The maximum Gasteiger partial charge on any atom is 0.416 e. The molecule has 0 atom stereocenters. The molecule has 0 spiro atoms. The number of nitrogens with zero attached hydrogens (tertiary/aromatic N) is 2. The Morgan fingerprint density at radius 1 is 1.21 bits per heavy atom. The van der Waals surface area contributed by atoms with E-state index in [1.807, 2.05) is 0 Å². The Hall–Kier alpha value is -2.09. The van der Waals surface area contributed by atoms with Gasteiger partial charge in [-0.15, -0.1) is 0 Å². The second-order valence-electron chi connectivity index (χ2n) is 5.71. The molecule has 1 saturated heterocycles. The first-order chi connectivity index (χ1) is 11.4. The summed E-state index contributed by atoms with van der Waals surface area (Å²) >= 11 is 0.939. The van der Waals surface area contributed by atoms with Gasteiger partial charge in [-0.05, 0) is 42.9 Å². The lowest BCUT2D eigenvalue weighted by Crippen LogP contribution is -2.35. The Labute approximate surface area is 141 Å². The molecule has 0 aliphatic carbocycles. The first kappa shape index (κ1) is 16.8. The third-order valence-corrected chi connectivity index (χ3v) is 4.88. The van der Waals surface area contributed by atoms with Crippen LogP contribution in [0.1, 0.15) is 34.5 Å². The van der Waals surface area contributed by atoms with Crippen LogP contribution in [0, 0.1) is 0 Å². The molecule has 1 aliphatic rings. The minimum absolute atomic E-state index is 0.148. The predicted octanol–water partition coefficient (Wildman–Crippen LogP) is 4.04. The van der Waals surface area contributed by atoms with Crippen molar-refractivity contribution >= 4 is 23.1 Å². The number of nitrogen functional groups attached to an aromatic ring is 1. The molecule has 1 amide bonds. The lowest BCUT2D eigenvalue weighted by atomic mass is 10.1. The molecule has 1 aromatic heterocycles. The number of halogens is 3. The van der Waals surface area contributed by atoms with Crippen molar-refractivity contribution in [2.24, 2.45) is 0 Å². The lowest BCUT2D eigenvalue weighted by Gasteiger charge is -2.26. The van der Waals surface area contributed by atoms with Gasteiger partial charge in [0.15, 0.2) is 0 Å². The van der Waals surface area contributed by atoms with Crippen LogP contribution >= 0.6 is 11.5 Å². The molecule has 128 valence electrons. The van der Waals surface area contributed by atoms with Gasteiger partial charge in [-0.1, -0.05) is 12.1 Å². The van der Waals surface area contributed by atoms with E-state index in [-0.39, 0.29) is 22.9 Å². The molecule has 1 aliphatic heterocycles. The van der Waals surface area contributed by atoms with Gasteiger partial charge in [0.2, 0.25) is 0 Å². The average molecular weight is 355 g/mol. The average Bonchev–Trinajstić information content (AvgIpc) is 2.96. The van der Waals surface area contributed by atoms with Crippen molar-refractivity contribution in [1.82, 2.24) is 9.27 Å². The Balaban J connectivity index is 1.91. The number of benzene rings is 1. The number of rotatable bonds is 2. The van der Waals surface area contributed by atoms with E-state index in [1.54, 1.807) is 4.90 Å². The maximum absolute atomic E-state index is 12.9. The van der Waals surface area contributed by atoms with Crippen molar-refractivity contribution in [3.63, 3.8) is 0 Å². The lowest BCUT2D eigenvalue weighted by molar-refractivity contribution is -0.137. The van der Waals surface area contributed by atoms with Crippen LogP contribution in [0.15, 0.2) is 24.3 Å². The Morgan fingerprint density at radius 2 is 1.92 bits per heavy atom. The van der Waals surface area contributed by atoms with Gasteiger partial charge in [-0.25, -0.2) is 0 Å². The number of hydrogen-bond acceptors (Lipinski definition) is 4. The highest BCUT2D eigenvalue weighted by molar-refractivity contribution is 7.09. The summed E-state index contributed by atoms with van der Waals surface area (Å²) in [6.07, 6.45) is -1.44. The van der Waals surface area contributed by atoms with Crippen LogP contribution in [0.2, 0.25) is 0 Å². The topological polar surface area (TPSA) is 59.2 Å². The third-order valence-electron chi connectivity index (χ3n) is 4.03. The normalized spacial score (nSPS) is 15.5. The summed E-state index contributed by atoms with van der Waals surface area (Å²) < 4.78 is 42.7. The fourth-order valence-electron chi connectivity index (χ4n) is 2.74. The molecule has 8 heteroatoms. The number of carbonyl (C=O) groups is 1. The van der Waals surface area contributed by atoms with Crippen molar-refractivity contribution in [1.29, 1.82) is 0 Å². The van der Waals surface area contributed by atoms with Crippen LogP contribution in [-0.2, 0) is 6.18 Å². The fraction of sp³-hybridized carbons (Fsp3) is 0.375. The zero-order valence-corrected chi connectivity index (χ0v) is 13.6.